The number of aryl methyl sites for hydroxylation is 1. The highest BCUT2D eigenvalue weighted by atomic mass is 35.5. The van der Waals surface area contributed by atoms with Gasteiger partial charge in [-0.15, -0.1) is 0 Å². The van der Waals surface area contributed by atoms with Gasteiger partial charge in [0.1, 0.15) is 0 Å². The van der Waals surface area contributed by atoms with E-state index in [9.17, 15) is 4.79 Å². The molecule has 2 nitrogen and oxygen atoms in total. The predicted molar refractivity (Wildman–Crippen MR) is 78.1 cm³/mol. The molecule has 1 amide bonds. The summed E-state index contributed by atoms with van der Waals surface area (Å²) in [6.07, 6.45) is 1.25. The highest BCUT2D eigenvalue weighted by Gasteiger charge is 2.04. The first-order chi connectivity index (χ1) is 9.25. The van der Waals surface area contributed by atoms with Crippen LogP contribution in [0.3, 0.4) is 0 Å². The molecule has 19 heavy (non-hydrogen) atoms. The van der Waals surface area contributed by atoms with E-state index in [4.69, 9.17) is 11.6 Å². The Hall–Kier alpha value is -1.80. The molecule has 0 unspecified atom stereocenters. The lowest BCUT2D eigenvalue weighted by Gasteiger charge is -2.07. The van der Waals surface area contributed by atoms with Crippen LogP contribution in [0, 0.1) is 0 Å². The molecule has 0 spiro atoms. The summed E-state index contributed by atoms with van der Waals surface area (Å²) in [5.74, 6) is 0.0452. The summed E-state index contributed by atoms with van der Waals surface area (Å²) in [5.41, 5.74) is 2.12. The van der Waals surface area contributed by atoms with Crippen molar-refractivity contribution in [2.75, 3.05) is 0 Å². The molecular formula is C16H16ClNO. The van der Waals surface area contributed by atoms with E-state index in [1.165, 1.54) is 5.56 Å². The van der Waals surface area contributed by atoms with Crippen LogP contribution in [0.2, 0.25) is 5.02 Å². The Morgan fingerprint density at radius 2 is 1.68 bits per heavy atom. The molecule has 0 radical (unpaired) electrons. The van der Waals surface area contributed by atoms with Gasteiger partial charge in [-0.1, -0.05) is 60.1 Å². The molecule has 0 aliphatic carbocycles. The topological polar surface area (TPSA) is 29.1 Å². The third-order valence-electron chi connectivity index (χ3n) is 2.92. The van der Waals surface area contributed by atoms with E-state index < -0.39 is 0 Å². The molecule has 2 aromatic rings. The van der Waals surface area contributed by atoms with Crippen LogP contribution in [0.1, 0.15) is 17.5 Å². The summed E-state index contributed by atoms with van der Waals surface area (Å²) in [6, 6.07) is 17.5. The van der Waals surface area contributed by atoms with Crippen molar-refractivity contribution in [1.29, 1.82) is 0 Å². The van der Waals surface area contributed by atoms with Crippen molar-refractivity contribution in [3.63, 3.8) is 0 Å². The normalized spacial score (nSPS) is 10.2. The molecule has 2 aromatic carbocycles. The summed E-state index contributed by atoms with van der Waals surface area (Å²) in [4.78, 5) is 11.7. The smallest absolute Gasteiger partial charge is 0.220 e. The largest absolute Gasteiger partial charge is 0.352 e. The Morgan fingerprint density at radius 3 is 2.42 bits per heavy atom. The van der Waals surface area contributed by atoms with Crippen LogP contribution in [0.25, 0.3) is 0 Å². The standard InChI is InChI=1S/C16H16ClNO/c17-15-9-5-4-8-14(15)12-18-16(19)11-10-13-6-2-1-3-7-13/h1-9H,10-12H2,(H,18,19). The second-order valence-electron chi connectivity index (χ2n) is 4.35. The Balaban J connectivity index is 1.78. The van der Waals surface area contributed by atoms with Gasteiger partial charge in [-0.25, -0.2) is 0 Å². The maximum absolute atomic E-state index is 11.7. The fraction of sp³-hybridized carbons (Fsp3) is 0.188. The summed E-state index contributed by atoms with van der Waals surface area (Å²) < 4.78 is 0. The van der Waals surface area contributed by atoms with Crippen LogP contribution >= 0.6 is 11.6 Å². The molecule has 0 aliphatic rings. The maximum atomic E-state index is 11.7. The van der Waals surface area contributed by atoms with E-state index >= 15 is 0 Å². The molecule has 0 saturated carbocycles. The molecule has 98 valence electrons. The van der Waals surface area contributed by atoms with Gasteiger partial charge in [0.2, 0.25) is 5.91 Å². The van der Waals surface area contributed by atoms with Crippen molar-refractivity contribution in [3.8, 4) is 0 Å². The van der Waals surface area contributed by atoms with Crippen molar-refractivity contribution < 1.29 is 4.79 Å². The molecule has 0 saturated heterocycles. The maximum Gasteiger partial charge on any atom is 0.220 e. The lowest BCUT2D eigenvalue weighted by Crippen LogP contribution is -2.23. The van der Waals surface area contributed by atoms with Crippen LogP contribution in [-0.4, -0.2) is 5.91 Å². The molecular weight excluding hydrogens is 258 g/mol. The van der Waals surface area contributed by atoms with Crippen LogP contribution < -0.4 is 5.32 Å². The van der Waals surface area contributed by atoms with Gasteiger partial charge in [0, 0.05) is 18.0 Å². The summed E-state index contributed by atoms with van der Waals surface area (Å²) >= 11 is 6.03. The highest BCUT2D eigenvalue weighted by Crippen LogP contribution is 2.14. The molecule has 0 fully saturated rings. The van der Waals surface area contributed by atoms with Gasteiger partial charge in [-0.05, 0) is 23.6 Å². The second kappa shape index (κ2) is 6.95. The Morgan fingerprint density at radius 1 is 1.00 bits per heavy atom. The average molecular weight is 274 g/mol. The van der Waals surface area contributed by atoms with Crippen LogP contribution in [0.5, 0.6) is 0 Å². The van der Waals surface area contributed by atoms with Crippen molar-refractivity contribution in [3.05, 3.63) is 70.7 Å². The van der Waals surface area contributed by atoms with E-state index in [0.29, 0.717) is 18.0 Å². The molecule has 0 atom stereocenters. The fourth-order valence-corrected chi connectivity index (χ4v) is 2.03. The number of benzene rings is 2. The Labute approximate surface area is 118 Å². The van der Waals surface area contributed by atoms with Gasteiger partial charge >= 0.3 is 0 Å². The van der Waals surface area contributed by atoms with Gasteiger partial charge in [0.25, 0.3) is 0 Å². The first kappa shape index (κ1) is 13.6. The highest BCUT2D eigenvalue weighted by molar-refractivity contribution is 6.31. The summed E-state index contributed by atoms with van der Waals surface area (Å²) in [7, 11) is 0. The van der Waals surface area contributed by atoms with Gasteiger partial charge in [-0.3, -0.25) is 4.79 Å². The third-order valence-corrected chi connectivity index (χ3v) is 3.29. The van der Waals surface area contributed by atoms with Crippen molar-refractivity contribution in [2.45, 2.75) is 19.4 Å². The SMILES string of the molecule is O=C(CCc1ccccc1)NCc1ccccc1Cl. The predicted octanol–water partition coefficient (Wildman–Crippen LogP) is 3.59. The minimum absolute atomic E-state index is 0.0452. The molecule has 0 bridgehead atoms. The van der Waals surface area contributed by atoms with Crippen molar-refractivity contribution >= 4 is 17.5 Å². The van der Waals surface area contributed by atoms with E-state index in [1.807, 2.05) is 54.6 Å². The minimum Gasteiger partial charge on any atom is -0.352 e. The Bertz CT molecular complexity index is 539. The third kappa shape index (κ3) is 4.42. The second-order valence-corrected chi connectivity index (χ2v) is 4.76. The van der Waals surface area contributed by atoms with E-state index in [2.05, 4.69) is 5.32 Å². The Kier molecular flexibility index (Phi) is 4.99. The van der Waals surface area contributed by atoms with E-state index in [0.717, 1.165) is 12.0 Å². The number of hydrogen-bond donors (Lipinski definition) is 1. The zero-order chi connectivity index (χ0) is 13.5. The fourth-order valence-electron chi connectivity index (χ4n) is 1.83. The number of nitrogens with one attached hydrogen (secondary N) is 1. The number of rotatable bonds is 5. The van der Waals surface area contributed by atoms with Gasteiger partial charge in [0.05, 0.1) is 0 Å². The molecule has 0 heterocycles. The first-order valence-corrected chi connectivity index (χ1v) is 6.67. The molecule has 3 heteroatoms. The molecule has 0 aliphatic heterocycles. The van der Waals surface area contributed by atoms with Gasteiger partial charge in [0.15, 0.2) is 0 Å². The quantitative estimate of drug-likeness (QED) is 0.886. The minimum atomic E-state index is 0.0452. The lowest BCUT2D eigenvalue weighted by atomic mass is 10.1. The number of amides is 1. The van der Waals surface area contributed by atoms with E-state index in [-0.39, 0.29) is 5.91 Å². The van der Waals surface area contributed by atoms with Crippen LogP contribution in [0.4, 0.5) is 0 Å². The number of hydrogen-bond acceptors (Lipinski definition) is 1. The number of halogens is 1. The van der Waals surface area contributed by atoms with Crippen LogP contribution in [-0.2, 0) is 17.8 Å². The lowest BCUT2D eigenvalue weighted by molar-refractivity contribution is -0.121. The first-order valence-electron chi connectivity index (χ1n) is 6.30. The van der Waals surface area contributed by atoms with Crippen molar-refractivity contribution in [2.24, 2.45) is 0 Å². The monoisotopic (exact) mass is 273 g/mol. The zero-order valence-electron chi connectivity index (χ0n) is 10.6. The van der Waals surface area contributed by atoms with Crippen LogP contribution in [0.15, 0.2) is 54.6 Å². The van der Waals surface area contributed by atoms with Crippen molar-refractivity contribution in [1.82, 2.24) is 5.32 Å². The zero-order valence-corrected chi connectivity index (χ0v) is 11.4. The molecule has 1 N–H and O–H groups in total. The summed E-state index contributed by atoms with van der Waals surface area (Å²) in [6.45, 7) is 0.479. The van der Waals surface area contributed by atoms with Gasteiger partial charge < -0.3 is 5.32 Å². The number of carbonyl (C=O) groups is 1. The van der Waals surface area contributed by atoms with Gasteiger partial charge in [-0.2, -0.15) is 0 Å². The average Bonchev–Trinajstić information content (AvgIpc) is 2.45. The number of carbonyl (C=O) groups excluding carboxylic acids is 1. The molecule has 2 rings (SSSR count). The summed E-state index contributed by atoms with van der Waals surface area (Å²) in [5, 5.41) is 3.57. The molecule has 0 aromatic heterocycles. The van der Waals surface area contributed by atoms with E-state index in [1.54, 1.807) is 0 Å².